The third-order valence-electron chi connectivity index (χ3n) is 2.19. The Morgan fingerprint density at radius 1 is 1.62 bits per heavy atom. The van der Waals surface area contributed by atoms with Gasteiger partial charge in [0.25, 0.3) is 5.54 Å². The summed E-state index contributed by atoms with van der Waals surface area (Å²) in [5.41, 5.74) is 1.47. The molecule has 16 heavy (non-hydrogen) atoms. The van der Waals surface area contributed by atoms with E-state index in [1.807, 2.05) is 0 Å². The molecule has 0 saturated heterocycles. The van der Waals surface area contributed by atoms with Crippen LogP contribution in [-0.4, -0.2) is 26.8 Å². The second-order valence-electron chi connectivity index (χ2n) is 3.15. The third kappa shape index (κ3) is 1.64. The van der Waals surface area contributed by atoms with Crippen LogP contribution in [0.4, 0.5) is 13.2 Å². The predicted octanol–water partition coefficient (Wildman–Crippen LogP) is 0.704. The quantitative estimate of drug-likeness (QED) is 0.810. The number of aryl methyl sites for hydroxylation is 1. The molecular formula is C8H10F3N3O2. The zero-order chi connectivity index (χ0) is 12.6. The molecule has 0 bridgehead atoms. The zero-order valence-corrected chi connectivity index (χ0v) is 8.32. The molecule has 0 saturated carbocycles. The van der Waals surface area contributed by atoms with Gasteiger partial charge in [-0.3, -0.25) is 0 Å². The fourth-order valence-corrected chi connectivity index (χ4v) is 1.26. The molecule has 0 aliphatic rings. The summed E-state index contributed by atoms with van der Waals surface area (Å²) in [6, 6.07) is 0. The van der Waals surface area contributed by atoms with Gasteiger partial charge in [-0.15, -0.1) is 0 Å². The van der Waals surface area contributed by atoms with E-state index in [9.17, 15) is 18.0 Å². The Morgan fingerprint density at radius 3 is 2.56 bits per heavy atom. The molecule has 90 valence electrons. The molecule has 1 aromatic rings. The SMILES string of the molecule is CCn1ccnc1C(N)(C(=O)O)C(F)(F)F. The molecule has 1 unspecified atom stereocenters. The van der Waals surface area contributed by atoms with E-state index in [1.54, 1.807) is 6.92 Å². The summed E-state index contributed by atoms with van der Waals surface area (Å²) in [7, 11) is 0. The van der Waals surface area contributed by atoms with E-state index in [1.165, 1.54) is 6.20 Å². The van der Waals surface area contributed by atoms with E-state index in [0.29, 0.717) is 0 Å². The van der Waals surface area contributed by atoms with Crippen molar-refractivity contribution in [2.75, 3.05) is 0 Å². The minimum Gasteiger partial charge on any atom is -0.479 e. The summed E-state index contributed by atoms with van der Waals surface area (Å²) in [4.78, 5) is 14.1. The summed E-state index contributed by atoms with van der Waals surface area (Å²) in [6.07, 6.45) is -2.79. The van der Waals surface area contributed by atoms with Gasteiger partial charge in [0.05, 0.1) is 0 Å². The molecule has 0 radical (unpaired) electrons. The summed E-state index contributed by atoms with van der Waals surface area (Å²) < 4.78 is 39.1. The van der Waals surface area contributed by atoms with Crippen LogP contribution in [0, 0.1) is 0 Å². The van der Waals surface area contributed by atoms with Crippen molar-refractivity contribution in [1.29, 1.82) is 0 Å². The van der Waals surface area contributed by atoms with E-state index in [-0.39, 0.29) is 6.54 Å². The second kappa shape index (κ2) is 3.78. The van der Waals surface area contributed by atoms with Crippen molar-refractivity contribution >= 4 is 5.97 Å². The number of aliphatic carboxylic acids is 1. The molecule has 0 aliphatic carbocycles. The lowest BCUT2D eigenvalue weighted by molar-refractivity contribution is -0.206. The normalized spacial score (nSPS) is 15.8. The van der Waals surface area contributed by atoms with Gasteiger partial charge in [-0.2, -0.15) is 13.2 Å². The number of nitrogens with two attached hydrogens (primary N) is 1. The summed E-state index contributed by atoms with van der Waals surface area (Å²) in [5.74, 6) is -2.91. The van der Waals surface area contributed by atoms with Crippen LogP contribution in [0.15, 0.2) is 12.4 Å². The smallest absolute Gasteiger partial charge is 0.424 e. The van der Waals surface area contributed by atoms with Crippen molar-refractivity contribution in [1.82, 2.24) is 9.55 Å². The number of rotatable bonds is 3. The maximum atomic E-state index is 12.7. The second-order valence-corrected chi connectivity index (χ2v) is 3.15. The Labute approximate surface area is 88.7 Å². The number of carbonyl (C=O) groups is 1. The van der Waals surface area contributed by atoms with Gasteiger partial charge in [-0.1, -0.05) is 0 Å². The van der Waals surface area contributed by atoms with Gasteiger partial charge < -0.3 is 15.4 Å². The number of imidazole rings is 1. The van der Waals surface area contributed by atoms with Gasteiger partial charge in [-0.05, 0) is 6.92 Å². The third-order valence-corrected chi connectivity index (χ3v) is 2.19. The molecule has 1 rings (SSSR count). The van der Waals surface area contributed by atoms with Gasteiger partial charge in [0.1, 0.15) is 5.82 Å². The standard InChI is InChI=1S/C8H10F3N3O2/c1-2-14-4-3-13-5(14)7(12,6(15)16)8(9,10)11/h3-4H,2,12H2,1H3,(H,15,16). The minimum absolute atomic E-state index is 0.150. The zero-order valence-electron chi connectivity index (χ0n) is 8.32. The van der Waals surface area contributed by atoms with Crippen molar-refractivity contribution in [2.24, 2.45) is 5.73 Å². The largest absolute Gasteiger partial charge is 0.479 e. The van der Waals surface area contributed by atoms with E-state index >= 15 is 0 Å². The van der Waals surface area contributed by atoms with Crippen LogP contribution in [-0.2, 0) is 16.9 Å². The highest BCUT2D eigenvalue weighted by molar-refractivity contribution is 5.80. The fraction of sp³-hybridized carbons (Fsp3) is 0.500. The highest BCUT2D eigenvalue weighted by Crippen LogP contribution is 2.36. The lowest BCUT2D eigenvalue weighted by atomic mass is 9.99. The number of alkyl halides is 3. The lowest BCUT2D eigenvalue weighted by Crippen LogP contribution is -2.58. The molecule has 0 spiro atoms. The van der Waals surface area contributed by atoms with Crippen LogP contribution >= 0.6 is 0 Å². The molecule has 3 N–H and O–H groups in total. The number of carboxylic acids is 1. The Bertz CT molecular complexity index is 401. The van der Waals surface area contributed by atoms with E-state index in [2.05, 4.69) is 4.98 Å². The van der Waals surface area contributed by atoms with Crippen LogP contribution in [0.25, 0.3) is 0 Å². The first kappa shape index (κ1) is 12.5. The summed E-state index contributed by atoms with van der Waals surface area (Å²) in [6.45, 7) is 1.71. The fourth-order valence-electron chi connectivity index (χ4n) is 1.26. The number of aromatic nitrogens is 2. The Balaban J connectivity index is 3.39. The minimum atomic E-state index is -5.11. The average molecular weight is 237 g/mol. The summed E-state index contributed by atoms with van der Waals surface area (Å²) >= 11 is 0. The molecule has 0 fully saturated rings. The highest BCUT2D eigenvalue weighted by Gasteiger charge is 2.62. The number of carboxylic acid groups (broad SMARTS) is 1. The van der Waals surface area contributed by atoms with Crippen molar-refractivity contribution in [3.8, 4) is 0 Å². The molecule has 1 atom stereocenters. The first-order valence-electron chi connectivity index (χ1n) is 4.35. The monoisotopic (exact) mass is 237 g/mol. The van der Waals surface area contributed by atoms with Crippen LogP contribution < -0.4 is 5.73 Å². The summed E-state index contributed by atoms with van der Waals surface area (Å²) in [5, 5.41) is 8.66. The maximum Gasteiger partial charge on any atom is 0.424 e. The topological polar surface area (TPSA) is 81.1 Å². The van der Waals surface area contributed by atoms with Gasteiger partial charge in [0, 0.05) is 18.9 Å². The Morgan fingerprint density at radius 2 is 2.19 bits per heavy atom. The number of hydrogen-bond donors (Lipinski definition) is 2. The molecule has 0 aromatic carbocycles. The van der Waals surface area contributed by atoms with Crippen molar-refractivity contribution in [3.05, 3.63) is 18.2 Å². The van der Waals surface area contributed by atoms with Gasteiger partial charge in [-0.25, -0.2) is 9.78 Å². The van der Waals surface area contributed by atoms with Crippen LogP contribution in [0.2, 0.25) is 0 Å². The van der Waals surface area contributed by atoms with Crippen molar-refractivity contribution < 1.29 is 23.1 Å². The molecule has 1 aromatic heterocycles. The maximum absolute atomic E-state index is 12.7. The predicted molar refractivity (Wildman–Crippen MR) is 47.5 cm³/mol. The van der Waals surface area contributed by atoms with Gasteiger partial charge in [0.2, 0.25) is 0 Å². The molecule has 8 heteroatoms. The highest BCUT2D eigenvalue weighted by atomic mass is 19.4. The first-order chi connectivity index (χ1) is 7.25. The van der Waals surface area contributed by atoms with E-state index in [4.69, 9.17) is 10.8 Å². The van der Waals surface area contributed by atoms with Crippen molar-refractivity contribution in [3.63, 3.8) is 0 Å². The molecular weight excluding hydrogens is 227 g/mol. The first-order valence-corrected chi connectivity index (χ1v) is 4.35. The number of halogens is 3. The Kier molecular flexibility index (Phi) is 2.95. The lowest BCUT2D eigenvalue weighted by Gasteiger charge is -2.27. The van der Waals surface area contributed by atoms with Crippen molar-refractivity contribution in [2.45, 2.75) is 25.2 Å². The van der Waals surface area contributed by atoms with Crippen LogP contribution in [0.5, 0.6) is 0 Å². The van der Waals surface area contributed by atoms with Gasteiger partial charge in [0.15, 0.2) is 0 Å². The Hall–Kier alpha value is -1.57. The molecule has 0 amide bonds. The van der Waals surface area contributed by atoms with Crippen LogP contribution in [0.3, 0.4) is 0 Å². The molecule has 5 nitrogen and oxygen atoms in total. The van der Waals surface area contributed by atoms with E-state index < -0.39 is 23.5 Å². The molecule has 1 heterocycles. The number of hydrogen-bond acceptors (Lipinski definition) is 3. The molecule has 0 aliphatic heterocycles. The van der Waals surface area contributed by atoms with Gasteiger partial charge >= 0.3 is 12.1 Å². The van der Waals surface area contributed by atoms with Crippen LogP contribution in [0.1, 0.15) is 12.7 Å². The number of nitrogens with zero attached hydrogens (tertiary/aromatic N) is 2. The van der Waals surface area contributed by atoms with E-state index in [0.717, 1.165) is 10.8 Å². The average Bonchev–Trinajstić information content (AvgIpc) is 2.61.